The van der Waals surface area contributed by atoms with E-state index in [0.717, 1.165) is 56.1 Å². The smallest absolute Gasteiger partial charge is 0.137 e. The van der Waals surface area contributed by atoms with Crippen LogP contribution in [-0.2, 0) is 16.2 Å². The monoisotopic (exact) mass is 941 g/mol. The molecule has 5 heteroatoms. The van der Waals surface area contributed by atoms with Gasteiger partial charge in [-0.05, 0) is 140 Å². The normalized spacial score (nSPS) is 13.0. The molecule has 0 amide bonds. The summed E-state index contributed by atoms with van der Waals surface area (Å²) in [6.07, 6.45) is 2.04. The van der Waals surface area contributed by atoms with Gasteiger partial charge >= 0.3 is 0 Å². The number of aryl methyl sites for hydroxylation is 1. The highest BCUT2D eigenvalue weighted by atomic mass is 16.5. The number of nitrogens with zero attached hydrogens (tertiary/aromatic N) is 4. The van der Waals surface area contributed by atoms with E-state index >= 15 is 0 Å². The minimum atomic E-state index is -0.0164. The Hall–Kier alpha value is -7.89. The molecule has 2 aromatic heterocycles. The number of hydrogen-bond donors (Lipinski definition) is 0. The van der Waals surface area contributed by atoms with Crippen molar-refractivity contribution in [2.24, 2.45) is 0 Å². The molecule has 0 aliphatic carbocycles. The third-order valence-corrected chi connectivity index (χ3v) is 14.5. The van der Waals surface area contributed by atoms with E-state index in [2.05, 4.69) is 272 Å². The Morgan fingerprint density at radius 2 is 1.03 bits per heavy atom. The van der Waals surface area contributed by atoms with E-state index in [4.69, 9.17) is 9.72 Å². The summed E-state index contributed by atoms with van der Waals surface area (Å²) in [7, 11) is 0. The van der Waals surface area contributed by atoms with E-state index in [0.29, 0.717) is 6.67 Å². The van der Waals surface area contributed by atoms with Crippen LogP contribution in [0.25, 0.3) is 61.0 Å². The average Bonchev–Trinajstić information content (AvgIpc) is 3.91. The fourth-order valence-corrected chi connectivity index (χ4v) is 10.2. The van der Waals surface area contributed by atoms with Crippen LogP contribution in [-0.4, -0.2) is 16.2 Å². The van der Waals surface area contributed by atoms with E-state index in [9.17, 15) is 0 Å². The van der Waals surface area contributed by atoms with Crippen molar-refractivity contribution in [1.82, 2.24) is 9.55 Å². The van der Waals surface area contributed by atoms with Gasteiger partial charge in [-0.1, -0.05) is 172 Å². The summed E-state index contributed by atoms with van der Waals surface area (Å²) < 4.78 is 9.21. The minimum absolute atomic E-state index is 0.0164. The molecule has 0 radical (unpaired) electrons. The molecule has 8 aromatic carbocycles. The van der Waals surface area contributed by atoms with Crippen molar-refractivity contribution >= 4 is 44.6 Å². The molecule has 358 valence electrons. The molecule has 1 aliphatic rings. The molecule has 0 spiro atoms. The van der Waals surface area contributed by atoms with E-state index < -0.39 is 0 Å². The number of fused-ring (bicyclic) bond motifs is 4. The second-order valence-corrected chi connectivity index (χ2v) is 22.7. The molecule has 0 saturated heterocycles. The zero-order chi connectivity index (χ0) is 50.1. The Labute approximate surface area is 426 Å². The summed E-state index contributed by atoms with van der Waals surface area (Å²) >= 11 is 0. The lowest BCUT2D eigenvalue weighted by atomic mass is 9.80. The Kier molecular flexibility index (Phi) is 11.5. The van der Waals surface area contributed by atoms with Gasteiger partial charge < -0.3 is 14.5 Å². The van der Waals surface area contributed by atoms with Crippen molar-refractivity contribution in [2.45, 2.75) is 85.5 Å². The Balaban J connectivity index is 0.986. The van der Waals surface area contributed by atoms with Crippen LogP contribution in [0.5, 0.6) is 11.5 Å². The number of aromatic nitrogens is 2. The zero-order valence-electron chi connectivity index (χ0n) is 43.4. The molecule has 72 heavy (non-hydrogen) atoms. The van der Waals surface area contributed by atoms with Crippen molar-refractivity contribution in [3.8, 4) is 50.7 Å². The molecule has 3 heterocycles. The largest absolute Gasteiger partial charge is 0.457 e. The Morgan fingerprint density at radius 3 is 1.69 bits per heavy atom. The van der Waals surface area contributed by atoms with Crippen molar-refractivity contribution in [3.63, 3.8) is 0 Å². The molecule has 10 aromatic rings. The van der Waals surface area contributed by atoms with E-state index in [1.807, 2.05) is 6.20 Å². The van der Waals surface area contributed by atoms with Gasteiger partial charge in [0.25, 0.3) is 0 Å². The highest BCUT2D eigenvalue weighted by molar-refractivity contribution is 6.11. The lowest BCUT2D eigenvalue weighted by molar-refractivity contribution is 0.483. The second kappa shape index (κ2) is 17.8. The molecule has 0 atom stereocenters. The molecule has 0 fully saturated rings. The van der Waals surface area contributed by atoms with Gasteiger partial charge in [-0.25, -0.2) is 4.98 Å². The molecule has 5 nitrogen and oxygen atoms in total. The van der Waals surface area contributed by atoms with Gasteiger partial charge in [0.2, 0.25) is 0 Å². The number of pyridine rings is 1. The fraction of sp³-hybridized carbons (Fsp3) is 0.209. The van der Waals surface area contributed by atoms with Gasteiger partial charge in [-0.15, -0.1) is 0 Å². The van der Waals surface area contributed by atoms with Crippen LogP contribution in [0.3, 0.4) is 0 Å². The quantitative estimate of drug-likeness (QED) is 0.152. The summed E-state index contributed by atoms with van der Waals surface area (Å²) in [6.45, 7) is 23.5. The molecular formula is C67H64N4O. The first-order valence-electron chi connectivity index (χ1n) is 25.4. The van der Waals surface area contributed by atoms with Gasteiger partial charge in [-0.3, -0.25) is 4.57 Å². The Bertz CT molecular complexity index is 3630. The predicted octanol–water partition coefficient (Wildman–Crippen LogP) is 18.4. The van der Waals surface area contributed by atoms with Crippen molar-refractivity contribution in [3.05, 3.63) is 217 Å². The standard InChI is InChI=1S/C67H64N4O/c1-44-33-64(68-42-59(44)49-23-17-24-50(34-49)65(2,3)4)71-60-31-27-47(45-19-13-11-14-20-45)35-58(60)57-30-29-56(41-62(57)71)72-55-26-18-25-53(40-55)69-43-70(54-38-51(66(5,6)7)37-52(39-54)67(8,9)10)63-36-48(28-32-61(63)69)46-21-15-12-16-22-46/h11-42H,43H2,1-10H3. The zero-order valence-corrected chi connectivity index (χ0v) is 43.4. The number of rotatable bonds is 8. The van der Waals surface area contributed by atoms with Gasteiger partial charge in [0, 0.05) is 46.0 Å². The maximum Gasteiger partial charge on any atom is 0.137 e. The van der Waals surface area contributed by atoms with Crippen LogP contribution >= 0.6 is 0 Å². The third-order valence-electron chi connectivity index (χ3n) is 14.5. The summed E-state index contributed by atoms with van der Waals surface area (Å²) in [6, 6.07) is 68.3. The summed E-state index contributed by atoms with van der Waals surface area (Å²) in [5.41, 5.74) is 18.9. The van der Waals surface area contributed by atoms with Gasteiger partial charge in [0.15, 0.2) is 0 Å². The van der Waals surface area contributed by atoms with E-state index in [-0.39, 0.29) is 16.2 Å². The van der Waals surface area contributed by atoms with E-state index in [1.165, 1.54) is 61.4 Å². The summed E-state index contributed by atoms with van der Waals surface area (Å²) in [5, 5.41) is 2.30. The Morgan fingerprint density at radius 1 is 0.417 bits per heavy atom. The minimum Gasteiger partial charge on any atom is -0.457 e. The number of ether oxygens (including phenoxy) is 1. The molecule has 1 aliphatic heterocycles. The second-order valence-electron chi connectivity index (χ2n) is 22.7. The maximum atomic E-state index is 6.91. The first-order valence-corrected chi connectivity index (χ1v) is 25.4. The average molecular weight is 941 g/mol. The number of anilines is 4. The van der Waals surface area contributed by atoms with Crippen LogP contribution in [0.1, 0.15) is 84.6 Å². The molecule has 0 N–H and O–H groups in total. The van der Waals surface area contributed by atoms with Crippen molar-refractivity contribution in [1.29, 1.82) is 0 Å². The SMILES string of the molecule is Cc1cc(-n2c3ccc(-c4ccccc4)cc3c3ccc(Oc4cccc(N5CN(c6cc(C(C)(C)C)cc(C(C)(C)C)c6)c6cc(-c7ccccc7)ccc65)c4)cc32)ncc1-c1cccc(C(C)(C)C)c1. The first-order chi connectivity index (χ1) is 34.5. The van der Waals surface area contributed by atoms with Crippen LogP contribution in [0.15, 0.2) is 194 Å². The van der Waals surface area contributed by atoms with Gasteiger partial charge in [0.05, 0.1) is 22.4 Å². The van der Waals surface area contributed by atoms with Crippen LogP contribution < -0.4 is 14.5 Å². The van der Waals surface area contributed by atoms with Crippen molar-refractivity contribution < 1.29 is 4.74 Å². The summed E-state index contributed by atoms with van der Waals surface area (Å²) in [5.74, 6) is 2.39. The highest BCUT2D eigenvalue weighted by Crippen LogP contribution is 2.48. The molecule has 0 saturated carbocycles. The molecular weight excluding hydrogens is 877 g/mol. The fourth-order valence-electron chi connectivity index (χ4n) is 10.2. The maximum absolute atomic E-state index is 6.91. The first kappa shape index (κ1) is 46.5. The molecule has 0 bridgehead atoms. The topological polar surface area (TPSA) is 33.5 Å². The van der Waals surface area contributed by atoms with Crippen LogP contribution in [0.4, 0.5) is 22.7 Å². The van der Waals surface area contributed by atoms with Gasteiger partial charge in [0.1, 0.15) is 24.0 Å². The lowest BCUT2D eigenvalue weighted by Gasteiger charge is -2.29. The van der Waals surface area contributed by atoms with Crippen LogP contribution in [0, 0.1) is 6.92 Å². The van der Waals surface area contributed by atoms with E-state index in [1.54, 1.807) is 0 Å². The summed E-state index contributed by atoms with van der Waals surface area (Å²) in [4.78, 5) is 10.1. The number of benzene rings is 8. The van der Waals surface area contributed by atoms with Crippen molar-refractivity contribution in [2.75, 3.05) is 16.5 Å². The molecule has 0 unspecified atom stereocenters. The lowest BCUT2D eigenvalue weighted by Crippen LogP contribution is -2.25. The highest BCUT2D eigenvalue weighted by Gasteiger charge is 2.31. The molecule has 11 rings (SSSR count). The van der Waals surface area contributed by atoms with Crippen LogP contribution in [0.2, 0.25) is 0 Å². The predicted molar refractivity (Wildman–Crippen MR) is 304 cm³/mol. The van der Waals surface area contributed by atoms with Gasteiger partial charge in [-0.2, -0.15) is 0 Å². The third kappa shape index (κ3) is 8.83. The number of hydrogen-bond acceptors (Lipinski definition) is 4.